The van der Waals surface area contributed by atoms with E-state index in [9.17, 15) is 0 Å². The van der Waals surface area contributed by atoms with Crippen molar-refractivity contribution in [3.05, 3.63) is 12.2 Å². The zero-order valence-corrected chi connectivity index (χ0v) is 14.0. The van der Waals surface area contributed by atoms with E-state index < -0.39 is 0 Å². The fraction of sp³-hybridized carbons (Fsp3) is 0.882. The summed E-state index contributed by atoms with van der Waals surface area (Å²) >= 11 is 0. The van der Waals surface area contributed by atoms with Crippen molar-refractivity contribution >= 4 is 0 Å². The van der Waals surface area contributed by atoms with E-state index in [2.05, 4.69) is 46.8 Å². The van der Waals surface area contributed by atoms with Crippen LogP contribution in [0.15, 0.2) is 12.2 Å². The monoisotopic (exact) mass is 242 g/mol. The number of hydrogen-bond donors (Lipinski definition) is 0. The average Bonchev–Trinajstić information content (AvgIpc) is 2.88. The number of rotatable bonds is 2. The van der Waals surface area contributed by atoms with Crippen LogP contribution in [0.25, 0.3) is 0 Å². The molecular formula is C17H38. The van der Waals surface area contributed by atoms with Gasteiger partial charge < -0.3 is 0 Å². The van der Waals surface area contributed by atoms with E-state index in [1.54, 1.807) is 0 Å². The van der Waals surface area contributed by atoms with Gasteiger partial charge in [-0.25, -0.2) is 0 Å². The lowest BCUT2D eigenvalue weighted by Crippen LogP contribution is -1.95. The summed E-state index contributed by atoms with van der Waals surface area (Å²) in [5.74, 6) is 2.62. The van der Waals surface area contributed by atoms with Crippen molar-refractivity contribution in [1.82, 2.24) is 0 Å². The second-order valence-electron chi connectivity index (χ2n) is 4.66. The summed E-state index contributed by atoms with van der Waals surface area (Å²) in [6.45, 7) is 19.2. The Labute approximate surface area is 112 Å². The Kier molecular flexibility index (Phi) is 23.4. The summed E-state index contributed by atoms with van der Waals surface area (Å²) in [5.41, 5.74) is 0. The highest BCUT2D eigenvalue weighted by atomic mass is 14.1. The first-order valence-corrected chi connectivity index (χ1v) is 7.74. The Balaban J connectivity index is -0.000000180. The molecule has 1 aliphatic carbocycles. The third-order valence-electron chi connectivity index (χ3n) is 2.97. The lowest BCUT2D eigenvalue weighted by molar-refractivity contribution is 0.457. The summed E-state index contributed by atoms with van der Waals surface area (Å²) in [7, 11) is 0. The highest BCUT2D eigenvalue weighted by molar-refractivity contribution is 4.95. The molecule has 0 aliphatic heterocycles. The van der Waals surface area contributed by atoms with Gasteiger partial charge in [-0.05, 0) is 37.0 Å². The predicted octanol–water partition coefficient (Wildman–Crippen LogP) is 6.71. The summed E-state index contributed by atoms with van der Waals surface area (Å²) < 4.78 is 0. The molecule has 0 aromatic rings. The maximum Gasteiger partial charge on any atom is -0.0233 e. The largest absolute Gasteiger partial charge is 0.0882 e. The molecule has 0 saturated carbocycles. The molecule has 0 saturated heterocycles. The fourth-order valence-corrected chi connectivity index (χ4v) is 1.04. The van der Waals surface area contributed by atoms with E-state index in [4.69, 9.17) is 0 Å². The molecule has 0 fully saturated rings. The van der Waals surface area contributed by atoms with Crippen molar-refractivity contribution < 1.29 is 0 Å². The Morgan fingerprint density at radius 1 is 0.941 bits per heavy atom. The average molecular weight is 242 g/mol. The maximum atomic E-state index is 2.33. The van der Waals surface area contributed by atoms with Crippen molar-refractivity contribution in [3.63, 3.8) is 0 Å². The van der Waals surface area contributed by atoms with Gasteiger partial charge in [-0.15, -0.1) is 0 Å². The van der Waals surface area contributed by atoms with Crippen LogP contribution < -0.4 is 0 Å². The zero-order chi connectivity index (χ0) is 14.3. The van der Waals surface area contributed by atoms with E-state index in [0.29, 0.717) is 0 Å². The van der Waals surface area contributed by atoms with Crippen LogP contribution >= 0.6 is 0 Å². The first-order chi connectivity index (χ1) is 8.07. The lowest BCUT2D eigenvalue weighted by atomic mass is 10.0. The molecule has 0 N–H and O–H groups in total. The molecule has 1 unspecified atom stereocenters. The summed E-state index contributed by atoms with van der Waals surface area (Å²) in [5, 5.41) is 0. The van der Waals surface area contributed by atoms with Gasteiger partial charge in [0.15, 0.2) is 0 Å². The summed E-state index contributed by atoms with van der Waals surface area (Å²) in [6, 6.07) is 0. The second kappa shape index (κ2) is 18.1. The summed E-state index contributed by atoms with van der Waals surface area (Å²) in [4.78, 5) is 0. The van der Waals surface area contributed by atoms with Crippen LogP contribution in [0.5, 0.6) is 0 Å². The third kappa shape index (κ3) is 18.3. The van der Waals surface area contributed by atoms with Crippen molar-refractivity contribution in [1.29, 1.82) is 0 Å². The SMILES string of the molecule is CC.CC.CC(C)C(C)C.CCC1C=CCC1. The molecule has 1 rings (SSSR count). The van der Waals surface area contributed by atoms with Gasteiger partial charge in [-0.1, -0.05) is 74.5 Å². The topological polar surface area (TPSA) is 0 Å². The molecule has 0 aromatic carbocycles. The molecule has 0 heteroatoms. The molecule has 106 valence electrons. The van der Waals surface area contributed by atoms with Crippen LogP contribution in [-0.4, -0.2) is 0 Å². The minimum absolute atomic E-state index is 0.852. The van der Waals surface area contributed by atoms with E-state index in [1.807, 2.05) is 27.7 Å². The van der Waals surface area contributed by atoms with Crippen LogP contribution in [0.1, 0.15) is 81.6 Å². The second-order valence-corrected chi connectivity index (χ2v) is 4.66. The Bertz CT molecular complexity index is 125. The smallest absolute Gasteiger partial charge is 0.0233 e. The molecular weight excluding hydrogens is 204 g/mol. The van der Waals surface area contributed by atoms with Crippen LogP contribution in [0.4, 0.5) is 0 Å². The van der Waals surface area contributed by atoms with Gasteiger partial charge in [0.05, 0.1) is 0 Å². The molecule has 0 aromatic heterocycles. The van der Waals surface area contributed by atoms with Gasteiger partial charge in [-0.3, -0.25) is 0 Å². The van der Waals surface area contributed by atoms with Gasteiger partial charge in [0, 0.05) is 0 Å². The highest BCUT2D eigenvalue weighted by Gasteiger charge is 2.03. The van der Waals surface area contributed by atoms with Gasteiger partial charge in [0.25, 0.3) is 0 Å². The van der Waals surface area contributed by atoms with Gasteiger partial charge in [0.1, 0.15) is 0 Å². The third-order valence-corrected chi connectivity index (χ3v) is 2.97. The van der Waals surface area contributed by atoms with Crippen LogP contribution in [-0.2, 0) is 0 Å². The van der Waals surface area contributed by atoms with Crippen LogP contribution in [0, 0.1) is 17.8 Å². The van der Waals surface area contributed by atoms with Crippen LogP contribution in [0.3, 0.4) is 0 Å². The van der Waals surface area contributed by atoms with Crippen LogP contribution in [0.2, 0.25) is 0 Å². The molecule has 0 heterocycles. The van der Waals surface area contributed by atoms with Crippen molar-refractivity contribution in [2.24, 2.45) is 17.8 Å². The molecule has 17 heavy (non-hydrogen) atoms. The van der Waals surface area contributed by atoms with E-state index in [-0.39, 0.29) is 0 Å². The molecule has 1 aliphatic rings. The maximum absolute atomic E-state index is 2.33. The zero-order valence-electron chi connectivity index (χ0n) is 14.0. The highest BCUT2D eigenvalue weighted by Crippen LogP contribution is 2.18. The normalized spacial score (nSPS) is 16.5. The molecule has 0 amide bonds. The Morgan fingerprint density at radius 2 is 1.35 bits per heavy atom. The Hall–Kier alpha value is -0.260. The van der Waals surface area contributed by atoms with Crippen molar-refractivity contribution in [3.8, 4) is 0 Å². The number of hydrogen-bond acceptors (Lipinski definition) is 0. The summed E-state index contributed by atoms with van der Waals surface area (Å²) in [6.07, 6.45) is 8.67. The quantitative estimate of drug-likeness (QED) is 0.472. The van der Waals surface area contributed by atoms with Gasteiger partial charge >= 0.3 is 0 Å². The molecule has 0 radical (unpaired) electrons. The fourth-order valence-electron chi connectivity index (χ4n) is 1.04. The van der Waals surface area contributed by atoms with E-state index in [0.717, 1.165) is 17.8 Å². The molecule has 0 bridgehead atoms. The van der Waals surface area contributed by atoms with Crippen molar-refractivity contribution in [2.75, 3.05) is 0 Å². The first-order valence-electron chi connectivity index (χ1n) is 7.74. The minimum Gasteiger partial charge on any atom is -0.0882 e. The van der Waals surface area contributed by atoms with E-state index in [1.165, 1.54) is 19.3 Å². The first kappa shape index (κ1) is 22.0. The molecule has 0 nitrogen and oxygen atoms in total. The Morgan fingerprint density at radius 3 is 1.47 bits per heavy atom. The van der Waals surface area contributed by atoms with Gasteiger partial charge in [-0.2, -0.15) is 0 Å². The molecule has 1 atom stereocenters. The van der Waals surface area contributed by atoms with Gasteiger partial charge in [0.2, 0.25) is 0 Å². The van der Waals surface area contributed by atoms with E-state index >= 15 is 0 Å². The minimum atomic E-state index is 0.852. The molecule has 0 spiro atoms. The number of allylic oxidation sites excluding steroid dienone is 2. The lowest BCUT2D eigenvalue weighted by Gasteiger charge is -2.05. The standard InChI is InChI=1S/C7H12.C6H14.2C2H6/c1-2-7-5-3-4-6-7;1-5(2)6(3)4;2*1-2/h3,5,7H,2,4,6H2,1H3;5-6H,1-4H3;2*1-2H3. The predicted molar refractivity (Wildman–Crippen MR) is 84.5 cm³/mol. The van der Waals surface area contributed by atoms with Crippen molar-refractivity contribution in [2.45, 2.75) is 81.6 Å².